The third-order valence-corrected chi connectivity index (χ3v) is 3.58. The van der Waals surface area contributed by atoms with Crippen molar-refractivity contribution in [2.45, 2.75) is 6.42 Å². The highest BCUT2D eigenvalue weighted by molar-refractivity contribution is 7.09. The molecular weight excluding hydrogens is 274 g/mol. The molecule has 0 saturated carbocycles. The summed E-state index contributed by atoms with van der Waals surface area (Å²) in [7, 11) is 1.68. The fourth-order valence-corrected chi connectivity index (χ4v) is 2.49. The minimum atomic E-state index is -0.0125. The van der Waals surface area contributed by atoms with Crippen LogP contribution < -0.4 is 10.5 Å². The van der Waals surface area contributed by atoms with Gasteiger partial charge in [-0.05, 0) is 18.2 Å². The van der Waals surface area contributed by atoms with Gasteiger partial charge in [-0.2, -0.15) is 5.26 Å². The second-order valence-electron chi connectivity index (χ2n) is 4.07. The second kappa shape index (κ2) is 6.89. The van der Waals surface area contributed by atoms with Crippen LogP contribution in [0.4, 0.5) is 5.69 Å². The first-order chi connectivity index (χ1) is 9.74. The molecular formula is C14H15N3O2S. The molecule has 6 heteroatoms. The maximum absolute atomic E-state index is 8.49. The van der Waals surface area contributed by atoms with Crippen LogP contribution >= 0.6 is 11.3 Å². The summed E-state index contributed by atoms with van der Waals surface area (Å²) in [6, 6.07) is 7.37. The minimum absolute atomic E-state index is 0.0125. The van der Waals surface area contributed by atoms with E-state index < -0.39 is 0 Å². The lowest BCUT2D eigenvalue weighted by molar-refractivity contribution is 0.202. The van der Waals surface area contributed by atoms with Gasteiger partial charge in [-0.25, -0.2) is 4.98 Å². The van der Waals surface area contributed by atoms with Crippen LogP contribution in [0.25, 0.3) is 11.3 Å². The number of nitriles is 1. The van der Waals surface area contributed by atoms with E-state index in [1.54, 1.807) is 24.5 Å². The van der Waals surface area contributed by atoms with Crippen LogP contribution in [-0.4, -0.2) is 25.3 Å². The number of hydrogen-bond donors (Lipinski definition) is 1. The van der Waals surface area contributed by atoms with Crippen molar-refractivity contribution in [3.63, 3.8) is 0 Å². The zero-order valence-corrected chi connectivity index (χ0v) is 11.9. The maximum atomic E-state index is 8.49. The van der Waals surface area contributed by atoms with Crippen molar-refractivity contribution in [3.05, 3.63) is 28.6 Å². The Balaban J connectivity index is 2.14. The highest BCUT2D eigenvalue weighted by Crippen LogP contribution is 2.29. The minimum Gasteiger partial charge on any atom is -0.477 e. The third kappa shape index (κ3) is 3.47. The Morgan fingerprint density at radius 1 is 1.45 bits per heavy atom. The van der Waals surface area contributed by atoms with E-state index in [1.807, 2.05) is 23.6 Å². The van der Waals surface area contributed by atoms with Crippen LogP contribution in [-0.2, 0) is 11.2 Å². The Kier molecular flexibility index (Phi) is 4.93. The molecule has 0 aliphatic carbocycles. The highest BCUT2D eigenvalue weighted by atomic mass is 32.1. The number of thiazole rings is 1. The molecule has 5 nitrogen and oxygen atoms in total. The molecule has 1 aromatic carbocycles. The van der Waals surface area contributed by atoms with Crippen molar-refractivity contribution >= 4 is 17.0 Å². The van der Waals surface area contributed by atoms with Gasteiger partial charge >= 0.3 is 0 Å². The lowest BCUT2D eigenvalue weighted by atomic mass is 10.1. The molecule has 0 aliphatic rings. The molecule has 1 aromatic heterocycles. The summed E-state index contributed by atoms with van der Waals surface area (Å²) >= 11 is 1.60. The Morgan fingerprint density at radius 3 is 3.00 bits per heavy atom. The molecule has 0 fully saturated rings. The summed E-state index contributed by atoms with van der Waals surface area (Å²) in [4.78, 5) is 4.54. The van der Waals surface area contributed by atoms with E-state index in [1.165, 1.54) is 0 Å². The topological polar surface area (TPSA) is 81.2 Å². The third-order valence-electron chi connectivity index (χ3n) is 2.67. The van der Waals surface area contributed by atoms with Crippen molar-refractivity contribution in [2.75, 3.05) is 26.1 Å². The predicted molar refractivity (Wildman–Crippen MR) is 78.7 cm³/mol. The standard InChI is InChI=1S/C14H15N3O2S/c1-18-6-4-14-17-12(9-20-14)10-2-3-13(11(16)8-10)19-7-5-15/h2-3,8-9H,4,6-7,16H2,1H3. The van der Waals surface area contributed by atoms with Gasteiger partial charge in [-0.15, -0.1) is 11.3 Å². The van der Waals surface area contributed by atoms with E-state index in [-0.39, 0.29) is 6.61 Å². The number of nitrogens with two attached hydrogens (primary N) is 1. The lowest BCUT2D eigenvalue weighted by Gasteiger charge is -2.06. The Labute approximate surface area is 121 Å². The number of anilines is 1. The van der Waals surface area contributed by atoms with Crippen LogP contribution in [0.15, 0.2) is 23.6 Å². The fraction of sp³-hybridized carbons (Fsp3) is 0.286. The first kappa shape index (κ1) is 14.3. The number of rotatable bonds is 6. The molecule has 1 heterocycles. The van der Waals surface area contributed by atoms with Crippen molar-refractivity contribution in [1.82, 2.24) is 4.98 Å². The molecule has 0 spiro atoms. The first-order valence-electron chi connectivity index (χ1n) is 6.07. The van der Waals surface area contributed by atoms with Crippen LogP contribution in [0.1, 0.15) is 5.01 Å². The maximum Gasteiger partial charge on any atom is 0.174 e. The Bertz CT molecular complexity index is 619. The van der Waals surface area contributed by atoms with Crippen LogP contribution in [0.2, 0.25) is 0 Å². The van der Waals surface area contributed by atoms with Gasteiger partial charge in [-0.3, -0.25) is 0 Å². The number of aromatic nitrogens is 1. The van der Waals surface area contributed by atoms with Gasteiger partial charge in [0, 0.05) is 24.5 Å². The van der Waals surface area contributed by atoms with Crippen LogP contribution in [0, 0.1) is 11.3 Å². The van der Waals surface area contributed by atoms with Gasteiger partial charge in [0.05, 0.1) is 23.0 Å². The molecule has 0 amide bonds. The van der Waals surface area contributed by atoms with Crippen molar-refractivity contribution in [3.8, 4) is 23.1 Å². The second-order valence-corrected chi connectivity index (χ2v) is 5.01. The molecule has 2 N–H and O–H groups in total. The van der Waals surface area contributed by atoms with Crippen LogP contribution in [0.3, 0.4) is 0 Å². The van der Waals surface area contributed by atoms with Crippen LogP contribution in [0.5, 0.6) is 5.75 Å². The van der Waals surface area contributed by atoms with E-state index >= 15 is 0 Å². The Hall–Kier alpha value is -2.10. The summed E-state index contributed by atoms with van der Waals surface area (Å²) < 4.78 is 10.3. The quantitative estimate of drug-likeness (QED) is 0.826. The number of benzene rings is 1. The Morgan fingerprint density at radius 2 is 2.30 bits per heavy atom. The van der Waals surface area contributed by atoms with Gasteiger partial charge < -0.3 is 15.2 Å². The molecule has 2 rings (SSSR count). The summed E-state index contributed by atoms with van der Waals surface area (Å²) in [6.45, 7) is 0.650. The van der Waals surface area contributed by atoms with E-state index in [9.17, 15) is 0 Å². The smallest absolute Gasteiger partial charge is 0.174 e. The molecule has 0 saturated heterocycles. The van der Waals surface area contributed by atoms with E-state index in [4.69, 9.17) is 20.5 Å². The van der Waals surface area contributed by atoms with Crippen molar-refractivity contribution in [1.29, 1.82) is 5.26 Å². The average molecular weight is 289 g/mol. The summed E-state index contributed by atoms with van der Waals surface area (Å²) in [5.74, 6) is 0.519. The van der Waals surface area contributed by atoms with Gasteiger partial charge in [-0.1, -0.05) is 0 Å². The number of nitrogen functional groups attached to an aromatic ring is 1. The van der Waals surface area contributed by atoms with Crippen molar-refractivity contribution < 1.29 is 9.47 Å². The largest absolute Gasteiger partial charge is 0.477 e. The zero-order chi connectivity index (χ0) is 14.4. The van der Waals surface area contributed by atoms with E-state index in [0.717, 1.165) is 22.7 Å². The molecule has 0 aliphatic heterocycles. The number of hydrogen-bond acceptors (Lipinski definition) is 6. The molecule has 0 unspecified atom stereocenters. The first-order valence-corrected chi connectivity index (χ1v) is 6.95. The number of methoxy groups -OCH3 is 1. The van der Waals surface area contributed by atoms with Gasteiger partial charge in [0.2, 0.25) is 0 Å². The van der Waals surface area contributed by atoms with Gasteiger partial charge in [0.15, 0.2) is 6.61 Å². The summed E-state index contributed by atoms with van der Waals surface area (Å²) in [5.41, 5.74) is 8.24. The molecule has 0 atom stereocenters. The molecule has 0 bridgehead atoms. The fourth-order valence-electron chi connectivity index (χ4n) is 1.70. The monoisotopic (exact) mass is 289 g/mol. The number of nitrogens with zero attached hydrogens (tertiary/aromatic N) is 2. The normalized spacial score (nSPS) is 10.2. The molecule has 2 aromatic rings. The lowest BCUT2D eigenvalue weighted by Crippen LogP contribution is -1.98. The highest BCUT2D eigenvalue weighted by Gasteiger charge is 2.07. The van der Waals surface area contributed by atoms with Crippen molar-refractivity contribution in [2.24, 2.45) is 0 Å². The molecule has 20 heavy (non-hydrogen) atoms. The molecule has 0 radical (unpaired) electrons. The molecule has 104 valence electrons. The van der Waals surface area contributed by atoms with Gasteiger partial charge in [0.25, 0.3) is 0 Å². The summed E-state index contributed by atoms with van der Waals surface area (Å²) in [6.07, 6.45) is 0.806. The zero-order valence-electron chi connectivity index (χ0n) is 11.1. The van der Waals surface area contributed by atoms with E-state index in [2.05, 4.69) is 4.98 Å². The average Bonchev–Trinajstić information content (AvgIpc) is 2.92. The summed E-state index contributed by atoms with van der Waals surface area (Å²) in [5, 5.41) is 11.5. The predicted octanol–water partition coefficient (Wildman–Crippen LogP) is 2.48. The SMILES string of the molecule is COCCc1nc(-c2ccc(OCC#N)c(N)c2)cs1. The van der Waals surface area contributed by atoms with E-state index in [0.29, 0.717) is 18.0 Å². The van der Waals surface area contributed by atoms with Gasteiger partial charge in [0.1, 0.15) is 11.8 Å². The number of ether oxygens (including phenoxy) is 2.